The Hall–Kier alpha value is -1.62. The Kier molecular flexibility index (Phi) is 3.58. The van der Waals surface area contributed by atoms with Gasteiger partial charge >= 0.3 is 5.97 Å². The number of carbonyl (C=O) groups excluding carboxylic acids is 1. The van der Waals surface area contributed by atoms with Gasteiger partial charge in [0.15, 0.2) is 0 Å². The third-order valence-corrected chi connectivity index (χ3v) is 3.03. The molecule has 2 rings (SSSR count). The van der Waals surface area contributed by atoms with Crippen molar-refractivity contribution in [3.63, 3.8) is 0 Å². The lowest BCUT2D eigenvalue weighted by atomic mass is 10.2. The van der Waals surface area contributed by atoms with E-state index in [-0.39, 0.29) is 12.0 Å². The van der Waals surface area contributed by atoms with Crippen molar-refractivity contribution in [2.24, 2.45) is 0 Å². The van der Waals surface area contributed by atoms with Gasteiger partial charge in [0.05, 0.1) is 12.8 Å². The minimum absolute atomic E-state index is 0.136. The molecular weight excluding hydrogens is 218 g/mol. The van der Waals surface area contributed by atoms with Crippen molar-refractivity contribution in [1.82, 2.24) is 9.88 Å². The minimum atomic E-state index is -0.161. The Balaban J connectivity index is 2.05. The molecule has 1 fully saturated rings. The van der Waals surface area contributed by atoms with Crippen LogP contribution in [0.3, 0.4) is 0 Å². The highest BCUT2D eigenvalue weighted by atomic mass is 16.5. The zero-order valence-electron chi connectivity index (χ0n) is 9.93. The van der Waals surface area contributed by atoms with Gasteiger partial charge < -0.3 is 10.5 Å². The molecule has 1 aliphatic heterocycles. The number of carbonyl (C=O) groups is 1. The van der Waals surface area contributed by atoms with Crippen molar-refractivity contribution in [2.75, 3.05) is 19.4 Å². The summed E-state index contributed by atoms with van der Waals surface area (Å²) in [6.07, 6.45) is 1.87. The first-order valence-electron chi connectivity index (χ1n) is 5.74. The summed E-state index contributed by atoms with van der Waals surface area (Å²) >= 11 is 0. The predicted octanol–water partition coefficient (Wildman–Crippen LogP) is 0.801. The van der Waals surface area contributed by atoms with Gasteiger partial charge in [0.2, 0.25) is 0 Å². The lowest BCUT2D eigenvalue weighted by Gasteiger charge is -2.21. The quantitative estimate of drug-likeness (QED) is 0.785. The number of aromatic nitrogens is 1. The van der Waals surface area contributed by atoms with Crippen molar-refractivity contribution < 1.29 is 9.53 Å². The molecule has 1 aromatic heterocycles. The first-order valence-corrected chi connectivity index (χ1v) is 5.74. The van der Waals surface area contributed by atoms with E-state index in [1.54, 1.807) is 6.07 Å². The Bertz CT molecular complexity index is 408. The highest BCUT2D eigenvalue weighted by molar-refractivity contribution is 5.75. The first-order chi connectivity index (χ1) is 8.20. The number of nitrogens with two attached hydrogens (primary N) is 1. The largest absolute Gasteiger partial charge is 0.468 e. The highest BCUT2D eigenvalue weighted by Gasteiger charge is 2.31. The van der Waals surface area contributed by atoms with Crippen LogP contribution in [0.25, 0.3) is 0 Å². The van der Waals surface area contributed by atoms with Gasteiger partial charge in [-0.15, -0.1) is 0 Å². The summed E-state index contributed by atoms with van der Waals surface area (Å²) in [5.41, 5.74) is 6.52. The summed E-state index contributed by atoms with van der Waals surface area (Å²) in [6, 6.07) is 5.41. The number of hydrogen-bond donors (Lipinski definition) is 1. The second-order valence-corrected chi connectivity index (χ2v) is 4.21. The summed E-state index contributed by atoms with van der Waals surface area (Å²) in [6.45, 7) is 1.54. The Morgan fingerprint density at radius 2 is 2.47 bits per heavy atom. The van der Waals surface area contributed by atoms with Gasteiger partial charge in [-0.25, -0.2) is 4.98 Å². The number of rotatable bonds is 3. The Morgan fingerprint density at radius 1 is 1.65 bits per heavy atom. The molecule has 0 aromatic carbocycles. The van der Waals surface area contributed by atoms with E-state index >= 15 is 0 Å². The van der Waals surface area contributed by atoms with Crippen LogP contribution in [0.4, 0.5) is 5.82 Å². The van der Waals surface area contributed by atoms with Crippen LogP contribution in [0.1, 0.15) is 18.5 Å². The van der Waals surface area contributed by atoms with Gasteiger partial charge in [-0.3, -0.25) is 9.69 Å². The summed E-state index contributed by atoms with van der Waals surface area (Å²) in [7, 11) is 1.43. The average molecular weight is 235 g/mol. The van der Waals surface area contributed by atoms with Crippen LogP contribution in [-0.2, 0) is 16.1 Å². The van der Waals surface area contributed by atoms with Crippen molar-refractivity contribution in [1.29, 1.82) is 0 Å². The van der Waals surface area contributed by atoms with E-state index < -0.39 is 0 Å². The van der Waals surface area contributed by atoms with E-state index in [0.717, 1.165) is 25.1 Å². The van der Waals surface area contributed by atoms with Crippen LogP contribution in [0.2, 0.25) is 0 Å². The van der Waals surface area contributed by atoms with Crippen LogP contribution in [-0.4, -0.2) is 35.5 Å². The van der Waals surface area contributed by atoms with Gasteiger partial charge in [-0.2, -0.15) is 0 Å². The molecule has 17 heavy (non-hydrogen) atoms. The molecule has 2 N–H and O–H groups in total. The number of pyridine rings is 1. The number of hydrogen-bond acceptors (Lipinski definition) is 5. The standard InChI is InChI=1S/C12H17N3O2/c1-17-12(16)10-5-3-7-15(10)8-9-4-2-6-11(13)14-9/h2,4,6,10H,3,5,7-8H2,1H3,(H2,13,14)/t10-/m1/s1. The number of nitrogen functional groups attached to an aromatic ring is 1. The summed E-state index contributed by atoms with van der Waals surface area (Å²) in [5.74, 6) is 0.350. The Morgan fingerprint density at radius 3 is 3.18 bits per heavy atom. The molecule has 1 saturated heterocycles. The fraction of sp³-hybridized carbons (Fsp3) is 0.500. The molecule has 5 heteroatoms. The van der Waals surface area contributed by atoms with E-state index in [1.807, 2.05) is 12.1 Å². The van der Waals surface area contributed by atoms with Crippen LogP contribution in [0.15, 0.2) is 18.2 Å². The second-order valence-electron chi connectivity index (χ2n) is 4.21. The normalized spacial score (nSPS) is 20.4. The SMILES string of the molecule is COC(=O)[C@H]1CCCN1Cc1cccc(N)n1. The van der Waals surface area contributed by atoms with Gasteiger partial charge in [-0.1, -0.05) is 6.07 Å². The maximum Gasteiger partial charge on any atom is 0.323 e. The summed E-state index contributed by atoms with van der Waals surface area (Å²) in [5, 5.41) is 0. The maximum absolute atomic E-state index is 11.6. The average Bonchev–Trinajstić information content (AvgIpc) is 2.76. The Labute approximate surface area is 101 Å². The zero-order chi connectivity index (χ0) is 12.3. The first kappa shape index (κ1) is 11.9. The van der Waals surface area contributed by atoms with Crippen LogP contribution in [0.5, 0.6) is 0 Å². The van der Waals surface area contributed by atoms with E-state index in [1.165, 1.54) is 7.11 Å². The third-order valence-electron chi connectivity index (χ3n) is 3.03. The minimum Gasteiger partial charge on any atom is -0.468 e. The van der Waals surface area contributed by atoms with E-state index in [4.69, 9.17) is 10.5 Å². The van der Waals surface area contributed by atoms with Crippen LogP contribution in [0, 0.1) is 0 Å². The summed E-state index contributed by atoms with van der Waals surface area (Å²) in [4.78, 5) is 17.9. The monoisotopic (exact) mass is 235 g/mol. The van der Waals surface area contributed by atoms with Gasteiger partial charge in [0.25, 0.3) is 0 Å². The molecule has 0 saturated carbocycles. The predicted molar refractivity (Wildman–Crippen MR) is 64.1 cm³/mol. The highest BCUT2D eigenvalue weighted by Crippen LogP contribution is 2.20. The van der Waals surface area contributed by atoms with Crippen LogP contribution < -0.4 is 5.73 Å². The number of nitrogens with zero attached hydrogens (tertiary/aromatic N) is 2. The number of ether oxygens (including phenoxy) is 1. The van der Waals surface area contributed by atoms with Crippen molar-refractivity contribution >= 4 is 11.8 Å². The van der Waals surface area contributed by atoms with Crippen molar-refractivity contribution in [3.8, 4) is 0 Å². The van der Waals surface area contributed by atoms with Gasteiger partial charge in [0, 0.05) is 6.54 Å². The molecule has 0 bridgehead atoms. The third kappa shape index (κ3) is 2.74. The molecular formula is C12H17N3O2. The van der Waals surface area contributed by atoms with Crippen LogP contribution >= 0.6 is 0 Å². The molecule has 92 valence electrons. The molecule has 1 aromatic rings. The smallest absolute Gasteiger partial charge is 0.323 e. The topological polar surface area (TPSA) is 68.5 Å². The molecule has 1 aliphatic rings. The molecule has 0 radical (unpaired) electrons. The molecule has 5 nitrogen and oxygen atoms in total. The van der Waals surface area contributed by atoms with Gasteiger partial charge in [-0.05, 0) is 31.5 Å². The lowest BCUT2D eigenvalue weighted by molar-refractivity contribution is -0.146. The second kappa shape index (κ2) is 5.14. The molecule has 0 aliphatic carbocycles. The molecule has 2 heterocycles. The lowest BCUT2D eigenvalue weighted by Crippen LogP contribution is -2.36. The number of anilines is 1. The fourth-order valence-electron chi connectivity index (χ4n) is 2.21. The zero-order valence-corrected chi connectivity index (χ0v) is 9.93. The number of esters is 1. The maximum atomic E-state index is 11.6. The van der Waals surface area contributed by atoms with Crippen molar-refractivity contribution in [2.45, 2.75) is 25.4 Å². The van der Waals surface area contributed by atoms with E-state index in [0.29, 0.717) is 12.4 Å². The number of methoxy groups -OCH3 is 1. The van der Waals surface area contributed by atoms with E-state index in [2.05, 4.69) is 9.88 Å². The van der Waals surface area contributed by atoms with Crippen molar-refractivity contribution in [3.05, 3.63) is 23.9 Å². The fourth-order valence-corrected chi connectivity index (χ4v) is 2.21. The molecule has 1 atom stereocenters. The van der Waals surface area contributed by atoms with E-state index in [9.17, 15) is 4.79 Å². The van der Waals surface area contributed by atoms with Gasteiger partial charge in [0.1, 0.15) is 11.9 Å². The molecule has 0 amide bonds. The summed E-state index contributed by atoms with van der Waals surface area (Å²) < 4.78 is 4.80. The molecule has 0 unspecified atom stereocenters. The number of likely N-dealkylation sites (tertiary alicyclic amines) is 1. The molecule has 0 spiro atoms.